The van der Waals surface area contributed by atoms with Crippen LogP contribution in [0.25, 0.3) is 16.9 Å². The van der Waals surface area contributed by atoms with Crippen LogP contribution in [0.2, 0.25) is 0 Å². The summed E-state index contributed by atoms with van der Waals surface area (Å²) < 4.78 is 2.14. The van der Waals surface area contributed by atoms with E-state index >= 15 is 0 Å². The van der Waals surface area contributed by atoms with Crippen molar-refractivity contribution >= 4 is 17.8 Å². The second-order valence-electron chi connectivity index (χ2n) is 7.16. The molecule has 1 heterocycles. The highest BCUT2D eigenvalue weighted by Gasteiger charge is 2.11. The Morgan fingerprint density at radius 1 is 0.938 bits per heavy atom. The molecular weight excluding hydrogens is 404 g/mol. The number of non-ortho nitro benzene ring substituents is 1. The molecule has 1 amide bonds. The van der Waals surface area contributed by atoms with Crippen molar-refractivity contribution in [3.8, 4) is 16.9 Å². The summed E-state index contributed by atoms with van der Waals surface area (Å²) in [7, 11) is 0. The minimum atomic E-state index is -0.468. The Morgan fingerprint density at radius 3 is 2.28 bits per heavy atom. The molecule has 3 aromatic carbocycles. The van der Waals surface area contributed by atoms with Crippen molar-refractivity contribution in [3.63, 3.8) is 0 Å². The number of carbonyl (C=O) groups excluding carboxylic acids is 1. The van der Waals surface area contributed by atoms with Crippen LogP contribution in [0.4, 0.5) is 5.69 Å². The van der Waals surface area contributed by atoms with Crippen molar-refractivity contribution in [2.24, 2.45) is 5.10 Å². The molecule has 0 atom stereocenters. The molecular formula is C25H20N4O3. The third kappa shape index (κ3) is 4.46. The SMILES string of the molecule is Cc1ccc(-c2ccccc2)n1-c1ccc(C(=O)N/N=C/c2ccc([N+](=O)[O-])cc2)cc1. The van der Waals surface area contributed by atoms with Crippen molar-refractivity contribution in [2.75, 3.05) is 0 Å². The number of amides is 1. The molecule has 0 spiro atoms. The van der Waals surface area contributed by atoms with E-state index in [0.717, 1.165) is 22.6 Å². The molecule has 1 aromatic heterocycles. The summed E-state index contributed by atoms with van der Waals surface area (Å²) in [5.41, 5.74) is 7.83. The van der Waals surface area contributed by atoms with E-state index in [0.29, 0.717) is 11.1 Å². The first-order valence-corrected chi connectivity index (χ1v) is 9.95. The number of hydrogen-bond donors (Lipinski definition) is 1. The van der Waals surface area contributed by atoms with Gasteiger partial charge >= 0.3 is 0 Å². The molecule has 0 aliphatic heterocycles. The van der Waals surface area contributed by atoms with Gasteiger partial charge < -0.3 is 4.57 Å². The number of nitro benzene ring substituents is 1. The summed E-state index contributed by atoms with van der Waals surface area (Å²) in [6.45, 7) is 2.04. The van der Waals surface area contributed by atoms with Gasteiger partial charge in [-0.2, -0.15) is 5.10 Å². The summed E-state index contributed by atoms with van der Waals surface area (Å²) in [5.74, 6) is -0.345. The number of hydrogen-bond acceptors (Lipinski definition) is 4. The van der Waals surface area contributed by atoms with E-state index in [2.05, 4.69) is 39.4 Å². The molecule has 4 aromatic rings. The monoisotopic (exact) mass is 424 g/mol. The normalized spacial score (nSPS) is 10.9. The smallest absolute Gasteiger partial charge is 0.271 e. The maximum Gasteiger partial charge on any atom is 0.271 e. The van der Waals surface area contributed by atoms with Crippen LogP contribution in [0.15, 0.2) is 96.1 Å². The third-order valence-corrected chi connectivity index (χ3v) is 5.02. The number of benzene rings is 3. The molecule has 0 saturated heterocycles. The number of nitrogens with zero attached hydrogens (tertiary/aromatic N) is 3. The van der Waals surface area contributed by atoms with Crippen LogP contribution in [0, 0.1) is 17.0 Å². The van der Waals surface area contributed by atoms with Crippen molar-refractivity contribution in [1.82, 2.24) is 9.99 Å². The number of nitro groups is 1. The van der Waals surface area contributed by atoms with E-state index in [4.69, 9.17) is 0 Å². The Labute approximate surface area is 184 Å². The summed E-state index contributed by atoms with van der Waals surface area (Å²) in [6, 6.07) is 27.5. The van der Waals surface area contributed by atoms with Gasteiger partial charge in [0.15, 0.2) is 0 Å². The minimum Gasteiger partial charge on any atom is -0.314 e. The average Bonchev–Trinajstić information content (AvgIpc) is 3.21. The van der Waals surface area contributed by atoms with E-state index in [1.165, 1.54) is 18.3 Å². The van der Waals surface area contributed by atoms with Crippen molar-refractivity contribution < 1.29 is 9.72 Å². The number of carbonyl (C=O) groups is 1. The van der Waals surface area contributed by atoms with Gasteiger partial charge in [0.05, 0.1) is 16.8 Å². The van der Waals surface area contributed by atoms with Gasteiger partial charge in [0.25, 0.3) is 11.6 Å². The zero-order valence-electron chi connectivity index (χ0n) is 17.3. The van der Waals surface area contributed by atoms with Gasteiger partial charge in [-0.3, -0.25) is 14.9 Å². The lowest BCUT2D eigenvalue weighted by molar-refractivity contribution is -0.384. The topological polar surface area (TPSA) is 89.5 Å². The standard InChI is InChI=1S/C25H20N4O3/c1-18-7-16-24(20-5-3-2-4-6-20)28(18)22-14-10-21(11-15-22)25(30)27-26-17-19-8-12-23(13-9-19)29(31)32/h2-17H,1H3,(H,27,30)/b26-17+. The van der Waals surface area contributed by atoms with Crippen LogP contribution in [0.5, 0.6) is 0 Å². The molecule has 0 aliphatic rings. The van der Waals surface area contributed by atoms with Crippen LogP contribution in [-0.4, -0.2) is 21.6 Å². The van der Waals surface area contributed by atoms with Crippen LogP contribution < -0.4 is 5.43 Å². The third-order valence-electron chi connectivity index (χ3n) is 5.02. The fourth-order valence-corrected chi connectivity index (χ4v) is 3.39. The summed E-state index contributed by atoms with van der Waals surface area (Å²) in [4.78, 5) is 22.6. The highest BCUT2D eigenvalue weighted by Crippen LogP contribution is 2.26. The molecule has 0 fully saturated rings. The van der Waals surface area contributed by atoms with Crippen molar-refractivity contribution in [1.29, 1.82) is 0 Å². The largest absolute Gasteiger partial charge is 0.314 e. The van der Waals surface area contributed by atoms with Gasteiger partial charge in [-0.15, -0.1) is 0 Å². The maximum absolute atomic E-state index is 12.4. The van der Waals surface area contributed by atoms with Gasteiger partial charge in [0, 0.05) is 29.1 Å². The zero-order valence-corrected chi connectivity index (χ0v) is 17.3. The first-order chi connectivity index (χ1) is 15.5. The molecule has 158 valence electrons. The first-order valence-electron chi connectivity index (χ1n) is 9.95. The maximum atomic E-state index is 12.4. The lowest BCUT2D eigenvalue weighted by Crippen LogP contribution is -2.17. The molecule has 1 N–H and O–H groups in total. The molecule has 0 aliphatic carbocycles. The molecule has 4 rings (SSSR count). The molecule has 7 heteroatoms. The molecule has 7 nitrogen and oxygen atoms in total. The molecule has 0 bridgehead atoms. The first kappa shape index (κ1) is 20.7. The van der Waals surface area contributed by atoms with Gasteiger partial charge in [0.2, 0.25) is 0 Å². The fraction of sp³-hybridized carbons (Fsp3) is 0.0400. The predicted molar refractivity (Wildman–Crippen MR) is 124 cm³/mol. The quantitative estimate of drug-likeness (QED) is 0.264. The van der Waals surface area contributed by atoms with E-state index in [1.807, 2.05) is 37.3 Å². The minimum absolute atomic E-state index is 0.000346. The highest BCUT2D eigenvalue weighted by molar-refractivity contribution is 5.95. The predicted octanol–water partition coefficient (Wildman–Crippen LogP) is 5.12. The number of nitrogens with one attached hydrogen (secondary N) is 1. The number of hydrazone groups is 1. The molecule has 32 heavy (non-hydrogen) atoms. The highest BCUT2D eigenvalue weighted by atomic mass is 16.6. The van der Waals surface area contributed by atoms with Crippen LogP contribution in [-0.2, 0) is 0 Å². The van der Waals surface area contributed by atoms with E-state index < -0.39 is 4.92 Å². The lowest BCUT2D eigenvalue weighted by atomic mass is 10.1. The van der Waals surface area contributed by atoms with Gasteiger partial charge in [-0.1, -0.05) is 30.3 Å². The van der Waals surface area contributed by atoms with Crippen molar-refractivity contribution in [3.05, 3.63) is 118 Å². The second kappa shape index (κ2) is 9.09. The van der Waals surface area contributed by atoms with Crippen LogP contribution in [0.3, 0.4) is 0 Å². The van der Waals surface area contributed by atoms with Gasteiger partial charge in [-0.25, -0.2) is 5.43 Å². The average molecular weight is 424 g/mol. The van der Waals surface area contributed by atoms with Gasteiger partial charge in [0.1, 0.15) is 0 Å². The Kier molecular flexibility index (Phi) is 5.89. The Morgan fingerprint density at radius 2 is 1.62 bits per heavy atom. The lowest BCUT2D eigenvalue weighted by Gasteiger charge is -2.12. The molecule has 0 unspecified atom stereocenters. The van der Waals surface area contributed by atoms with E-state index in [9.17, 15) is 14.9 Å². The number of rotatable bonds is 6. The van der Waals surface area contributed by atoms with E-state index in [1.54, 1.807) is 24.3 Å². The van der Waals surface area contributed by atoms with Crippen LogP contribution in [0.1, 0.15) is 21.6 Å². The Balaban J connectivity index is 1.47. The second-order valence-corrected chi connectivity index (χ2v) is 7.16. The number of aryl methyl sites for hydroxylation is 1. The molecule has 0 saturated carbocycles. The van der Waals surface area contributed by atoms with Gasteiger partial charge in [-0.05, 0) is 66.6 Å². The summed E-state index contributed by atoms with van der Waals surface area (Å²) >= 11 is 0. The summed E-state index contributed by atoms with van der Waals surface area (Å²) in [6.07, 6.45) is 1.44. The Hall–Kier alpha value is -4.52. The van der Waals surface area contributed by atoms with E-state index in [-0.39, 0.29) is 11.6 Å². The zero-order chi connectivity index (χ0) is 22.5. The van der Waals surface area contributed by atoms with Crippen molar-refractivity contribution in [2.45, 2.75) is 6.92 Å². The fourth-order valence-electron chi connectivity index (χ4n) is 3.39. The molecule has 0 radical (unpaired) electrons. The van der Waals surface area contributed by atoms with Crippen LogP contribution >= 0.6 is 0 Å². The number of aromatic nitrogens is 1. The summed E-state index contributed by atoms with van der Waals surface area (Å²) in [5, 5.41) is 14.6. The Bertz CT molecular complexity index is 1280.